The molecule has 0 atom stereocenters. The van der Waals surface area contributed by atoms with Crippen LogP contribution in [0.25, 0.3) is 0 Å². The minimum Gasteiger partial charge on any atom is -0.494 e. The number of methoxy groups -OCH3 is 1. The summed E-state index contributed by atoms with van der Waals surface area (Å²) >= 11 is 11.9. The molecule has 1 amide bonds. The van der Waals surface area contributed by atoms with Gasteiger partial charge in [-0.05, 0) is 18.2 Å². The lowest BCUT2D eigenvalue weighted by molar-refractivity contribution is -0.384. The Kier molecular flexibility index (Phi) is 5.02. The number of benzene rings is 2. The summed E-state index contributed by atoms with van der Waals surface area (Å²) < 4.78 is 18.6. The summed E-state index contributed by atoms with van der Waals surface area (Å²) in [6, 6.07) is 5.38. The highest BCUT2D eigenvalue weighted by molar-refractivity contribution is 6.37. The van der Waals surface area contributed by atoms with Crippen LogP contribution in [0.2, 0.25) is 10.0 Å². The van der Waals surface area contributed by atoms with Gasteiger partial charge in [0.05, 0.1) is 27.8 Å². The van der Waals surface area contributed by atoms with E-state index in [1.165, 1.54) is 19.2 Å². The highest BCUT2D eigenvalue weighted by Gasteiger charge is 2.17. The number of rotatable bonds is 4. The number of hydrogen-bond donors (Lipinski definition) is 1. The molecule has 2 aromatic carbocycles. The summed E-state index contributed by atoms with van der Waals surface area (Å²) in [6.07, 6.45) is 0. The van der Waals surface area contributed by atoms with Gasteiger partial charge in [0.2, 0.25) is 0 Å². The number of nitro groups is 1. The molecule has 2 aromatic rings. The van der Waals surface area contributed by atoms with Crippen molar-refractivity contribution in [2.75, 3.05) is 12.4 Å². The predicted octanol–water partition coefficient (Wildman–Crippen LogP) is 4.30. The van der Waals surface area contributed by atoms with Crippen LogP contribution in [0.3, 0.4) is 0 Å². The third kappa shape index (κ3) is 3.69. The van der Waals surface area contributed by atoms with E-state index in [2.05, 4.69) is 5.32 Å². The zero-order valence-corrected chi connectivity index (χ0v) is 13.1. The second kappa shape index (κ2) is 6.80. The summed E-state index contributed by atoms with van der Waals surface area (Å²) in [5.74, 6) is -1.34. The van der Waals surface area contributed by atoms with Crippen LogP contribution in [-0.4, -0.2) is 17.9 Å². The molecule has 120 valence electrons. The smallest absolute Gasteiger partial charge is 0.271 e. The molecule has 6 nitrogen and oxygen atoms in total. The molecule has 0 aliphatic carbocycles. The Morgan fingerprint density at radius 1 is 1.26 bits per heavy atom. The monoisotopic (exact) mass is 358 g/mol. The van der Waals surface area contributed by atoms with Crippen molar-refractivity contribution in [1.82, 2.24) is 0 Å². The first-order chi connectivity index (χ1) is 10.8. The zero-order chi connectivity index (χ0) is 17.1. The van der Waals surface area contributed by atoms with Gasteiger partial charge < -0.3 is 10.1 Å². The average Bonchev–Trinajstić information content (AvgIpc) is 2.48. The maximum absolute atomic E-state index is 13.7. The lowest BCUT2D eigenvalue weighted by Crippen LogP contribution is -2.13. The van der Waals surface area contributed by atoms with Gasteiger partial charge in [0.15, 0.2) is 5.75 Å². The van der Waals surface area contributed by atoms with Gasteiger partial charge in [-0.25, -0.2) is 4.39 Å². The lowest BCUT2D eigenvalue weighted by Gasteiger charge is -2.10. The molecule has 0 unspecified atom stereocenters. The molecule has 0 aromatic heterocycles. The molecule has 23 heavy (non-hydrogen) atoms. The van der Waals surface area contributed by atoms with Crippen LogP contribution in [0.4, 0.5) is 15.8 Å². The number of nitro benzene ring substituents is 1. The normalized spacial score (nSPS) is 10.3. The van der Waals surface area contributed by atoms with Gasteiger partial charge in [0.25, 0.3) is 11.6 Å². The number of non-ortho nitro benzene ring substituents is 1. The number of amides is 1. The Balaban J connectivity index is 2.33. The van der Waals surface area contributed by atoms with E-state index in [9.17, 15) is 19.3 Å². The third-order valence-corrected chi connectivity index (χ3v) is 3.44. The topological polar surface area (TPSA) is 81.5 Å². The highest BCUT2D eigenvalue weighted by Crippen LogP contribution is 2.34. The molecule has 0 saturated heterocycles. The number of halogens is 3. The molecular formula is C14H9Cl2FN2O4. The molecule has 1 N–H and O–H groups in total. The number of ether oxygens (including phenoxy) is 1. The van der Waals surface area contributed by atoms with Crippen LogP contribution in [0.15, 0.2) is 30.3 Å². The Hall–Kier alpha value is -2.38. The molecule has 0 fully saturated rings. The molecule has 0 aliphatic heterocycles. The summed E-state index contributed by atoms with van der Waals surface area (Å²) in [5, 5.41) is 13.1. The van der Waals surface area contributed by atoms with Crippen LogP contribution >= 0.6 is 23.2 Å². The van der Waals surface area contributed by atoms with Crippen molar-refractivity contribution < 1.29 is 18.8 Å². The van der Waals surface area contributed by atoms with E-state index in [0.717, 1.165) is 18.2 Å². The van der Waals surface area contributed by atoms with Crippen LogP contribution in [0.1, 0.15) is 10.4 Å². The van der Waals surface area contributed by atoms with E-state index < -0.39 is 16.6 Å². The van der Waals surface area contributed by atoms with E-state index >= 15 is 0 Å². The first-order valence-electron chi connectivity index (χ1n) is 6.11. The van der Waals surface area contributed by atoms with Gasteiger partial charge in [-0.15, -0.1) is 0 Å². The van der Waals surface area contributed by atoms with Crippen molar-refractivity contribution in [3.8, 4) is 5.75 Å². The zero-order valence-electron chi connectivity index (χ0n) is 11.6. The predicted molar refractivity (Wildman–Crippen MR) is 84.0 cm³/mol. The number of hydrogen-bond acceptors (Lipinski definition) is 4. The summed E-state index contributed by atoms with van der Waals surface area (Å²) in [7, 11) is 1.37. The third-order valence-electron chi connectivity index (χ3n) is 2.87. The van der Waals surface area contributed by atoms with E-state index in [1.54, 1.807) is 0 Å². The number of anilines is 1. The Labute approximate surface area is 139 Å². The molecule has 0 bridgehead atoms. The second-order valence-electron chi connectivity index (χ2n) is 4.35. The first kappa shape index (κ1) is 17.0. The van der Waals surface area contributed by atoms with Crippen molar-refractivity contribution in [1.29, 1.82) is 0 Å². The number of nitrogens with one attached hydrogen (secondary N) is 1. The van der Waals surface area contributed by atoms with Crippen molar-refractivity contribution in [3.63, 3.8) is 0 Å². The Morgan fingerprint density at radius 3 is 2.39 bits per heavy atom. The molecule has 0 saturated carbocycles. The van der Waals surface area contributed by atoms with Crippen molar-refractivity contribution in [3.05, 3.63) is 61.9 Å². The van der Waals surface area contributed by atoms with Crippen LogP contribution in [0.5, 0.6) is 5.75 Å². The SMILES string of the molecule is COc1c(Cl)cc(C(=O)Nc2cc([N+](=O)[O-])ccc2F)cc1Cl. The summed E-state index contributed by atoms with van der Waals surface area (Å²) in [6.45, 7) is 0. The van der Waals surface area contributed by atoms with Gasteiger partial charge >= 0.3 is 0 Å². The standard InChI is InChI=1S/C14H9Cl2FN2O4/c1-23-13-9(15)4-7(5-10(13)16)14(20)18-12-6-8(19(21)22)2-3-11(12)17/h2-6H,1H3,(H,18,20). The van der Waals surface area contributed by atoms with Gasteiger partial charge in [0, 0.05) is 17.7 Å². The molecule has 9 heteroatoms. The number of carbonyl (C=O) groups excluding carboxylic acids is 1. The average molecular weight is 359 g/mol. The maximum atomic E-state index is 13.7. The van der Waals surface area contributed by atoms with Gasteiger partial charge in [-0.3, -0.25) is 14.9 Å². The van der Waals surface area contributed by atoms with Gasteiger partial charge in [0.1, 0.15) is 5.82 Å². The first-order valence-corrected chi connectivity index (χ1v) is 6.87. The summed E-state index contributed by atoms with van der Waals surface area (Å²) in [5.41, 5.74) is -0.633. The second-order valence-corrected chi connectivity index (χ2v) is 5.16. The largest absolute Gasteiger partial charge is 0.494 e. The highest BCUT2D eigenvalue weighted by atomic mass is 35.5. The van der Waals surface area contributed by atoms with E-state index in [4.69, 9.17) is 27.9 Å². The molecule has 2 rings (SSSR count). The van der Waals surface area contributed by atoms with E-state index in [-0.39, 0.29) is 32.7 Å². The molecule has 0 heterocycles. The Bertz CT molecular complexity index is 775. The van der Waals surface area contributed by atoms with E-state index in [1.807, 2.05) is 0 Å². The van der Waals surface area contributed by atoms with E-state index in [0.29, 0.717) is 0 Å². The van der Waals surface area contributed by atoms with Gasteiger partial charge in [-0.1, -0.05) is 23.2 Å². The number of carbonyl (C=O) groups is 1. The van der Waals surface area contributed by atoms with Crippen molar-refractivity contribution in [2.45, 2.75) is 0 Å². The molecule has 0 aliphatic rings. The van der Waals surface area contributed by atoms with Gasteiger partial charge in [-0.2, -0.15) is 0 Å². The number of nitrogens with zero attached hydrogens (tertiary/aromatic N) is 1. The fourth-order valence-corrected chi connectivity index (χ4v) is 2.44. The Morgan fingerprint density at radius 2 is 1.87 bits per heavy atom. The van der Waals surface area contributed by atoms with Crippen LogP contribution in [0, 0.1) is 15.9 Å². The van der Waals surface area contributed by atoms with Crippen LogP contribution in [-0.2, 0) is 0 Å². The lowest BCUT2D eigenvalue weighted by atomic mass is 10.2. The molecular weight excluding hydrogens is 350 g/mol. The minimum absolute atomic E-state index is 0.0479. The maximum Gasteiger partial charge on any atom is 0.271 e. The molecule has 0 spiro atoms. The summed E-state index contributed by atoms with van der Waals surface area (Å²) in [4.78, 5) is 22.1. The molecule has 0 radical (unpaired) electrons. The van der Waals surface area contributed by atoms with Crippen molar-refractivity contribution in [2.24, 2.45) is 0 Å². The fourth-order valence-electron chi connectivity index (χ4n) is 1.80. The quantitative estimate of drug-likeness (QED) is 0.652. The fraction of sp³-hybridized carbons (Fsp3) is 0.0714. The van der Waals surface area contributed by atoms with Crippen molar-refractivity contribution >= 4 is 40.5 Å². The minimum atomic E-state index is -0.811. The van der Waals surface area contributed by atoms with Crippen LogP contribution < -0.4 is 10.1 Å².